The minimum absolute atomic E-state index is 0.00899. The number of hydrogen-bond donors (Lipinski definition) is 2. The number of amides is 1. The average molecular weight is 323 g/mol. The van der Waals surface area contributed by atoms with E-state index >= 15 is 0 Å². The second kappa shape index (κ2) is 6.14. The van der Waals surface area contributed by atoms with Gasteiger partial charge in [-0.15, -0.1) is 0 Å². The van der Waals surface area contributed by atoms with E-state index < -0.39 is 15.9 Å². The van der Waals surface area contributed by atoms with Crippen LogP contribution in [0.4, 0.5) is 5.82 Å². The Morgan fingerprint density at radius 3 is 2.68 bits per heavy atom. The van der Waals surface area contributed by atoms with Gasteiger partial charge in [0.15, 0.2) is 5.82 Å². The van der Waals surface area contributed by atoms with Gasteiger partial charge in [0.25, 0.3) is 15.9 Å². The molecule has 8 nitrogen and oxygen atoms in total. The first-order chi connectivity index (χ1) is 10.3. The van der Waals surface area contributed by atoms with Crippen LogP contribution in [-0.2, 0) is 10.0 Å². The van der Waals surface area contributed by atoms with Gasteiger partial charge in [0.2, 0.25) is 0 Å². The van der Waals surface area contributed by atoms with Gasteiger partial charge in [-0.1, -0.05) is 0 Å². The van der Waals surface area contributed by atoms with Crippen LogP contribution in [-0.4, -0.2) is 36.1 Å². The van der Waals surface area contributed by atoms with E-state index in [9.17, 15) is 13.2 Å². The molecule has 2 aromatic rings. The van der Waals surface area contributed by atoms with E-state index in [0.717, 1.165) is 0 Å². The van der Waals surface area contributed by atoms with Crippen LogP contribution in [0, 0.1) is 0 Å². The molecule has 1 amide bonds. The van der Waals surface area contributed by atoms with Gasteiger partial charge in [0, 0.05) is 25.5 Å². The molecule has 0 fully saturated rings. The molecule has 2 aromatic heterocycles. The smallest absolute Gasteiger partial charge is 0.266 e. The Balaban J connectivity index is 2.35. The lowest BCUT2D eigenvalue weighted by Crippen LogP contribution is -2.22. The minimum Gasteiger partial charge on any atom is -0.355 e. The van der Waals surface area contributed by atoms with Crippen molar-refractivity contribution in [1.29, 1.82) is 0 Å². The van der Waals surface area contributed by atoms with Crippen molar-refractivity contribution >= 4 is 21.7 Å². The Bertz CT molecular complexity index is 782. The van der Waals surface area contributed by atoms with Gasteiger partial charge >= 0.3 is 0 Å². The van der Waals surface area contributed by atoms with E-state index in [1.54, 1.807) is 6.07 Å². The molecular weight excluding hydrogens is 306 g/mol. The van der Waals surface area contributed by atoms with Gasteiger partial charge in [-0.25, -0.2) is 13.4 Å². The number of nitrogens with zero attached hydrogens (tertiary/aromatic N) is 3. The Hall–Kier alpha value is -2.42. The van der Waals surface area contributed by atoms with Gasteiger partial charge < -0.3 is 5.32 Å². The highest BCUT2D eigenvalue weighted by atomic mass is 32.2. The van der Waals surface area contributed by atoms with Gasteiger partial charge in [0.1, 0.15) is 4.90 Å². The van der Waals surface area contributed by atoms with Gasteiger partial charge in [0.05, 0.1) is 11.8 Å². The number of pyridine rings is 1. The molecular formula is C13H17N5O3S. The van der Waals surface area contributed by atoms with Crippen molar-refractivity contribution in [1.82, 2.24) is 20.1 Å². The number of aromatic nitrogens is 3. The number of carbonyl (C=O) groups is 1. The summed E-state index contributed by atoms with van der Waals surface area (Å²) in [7, 11) is -2.41. The zero-order chi connectivity index (χ0) is 16.3. The van der Waals surface area contributed by atoms with Crippen LogP contribution in [0.5, 0.6) is 0 Å². The maximum absolute atomic E-state index is 12.4. The molecule has 22 heavy (non-hydrogen) atoms. The van der Waals surface area contributed by atoms with E-state index in [1.165, 1.54) is 36.4 Å². The van der Waals surface area contributed by atoms with Crippen molar-refractivity contribution in [3.8, 4) is 0 Å². The van der Waals surface area contributed by atoms with E-state index in [4.69, 9.17) is 0 Å². The molecule has 0 spiro atoms. The van der Waals surface area contributed by atoms with Crippen LogP contribution in [0.3, 0.4) is 0 Å². The van der Waals surface area contributed by atoms with Gasteiger partial charge in [-0.2, -0.15) is 5.10 Å². The van der Waals surface area contributed by atoms with Crippen molar-refractivity contribution in [3.63, 3.8) is 0 Å². The lowest BCUT2D eigenvalue weighted by molar-refractivity contribution is 0.0963. The zero-order valence-electron chi connectivity index (χ0n) is 12.4. The fourth-order valence-corrected chi connectivity index (χ4v) is 2.70. The van der Waals surface area contributed by atoms with E-state index in [2.05, 4.69) is 20.1 Å². The van der Waals surface area contributed by atoms with Gasteiger partial charge in [-0.05, 0) is 26.0 Å². The molecule has 0 radical (unpaired) electrons. The number of sulfonamides is 1. The highest BCUT2D eigenvalue weighted by Gasteiger charge is 2.21. The summed E-state index contributed by atoms with van der Waals surface area (Å²) in [4.78, 5) is 15.7. The summed E-state index contributed by atoms with van der Waals surface area (Å²) in [5.41, 5.74) is 0.143. The van der Waals surface area contributed by atoms with Crippen molar-refractivity contribution < 1.29 is 13.2 Å². The molecule has 0 aliphatic carbocycles. The molecule has 0 bridgehead atoms. The van der Waals surface area contributed by atoms with Crippen LogP contribution >= 0.6 is 0 Å². The zero-order valence-corrected chi connectivity index (χ0v) is 13.3. The second-order valence-corrected chi connectivity index (χ2v) is 6.52. The van der Waals surface area contributed by atoms with Crippen LogP contribution in [0.2, 0.25) is 0 Å². The maximum atomic E-state index is 12.4. The molecule has 0 saturated heterocycles. The lowest BCUT2D eigenvalue weighted by Gasteiger charge is -2.09. The molecule has 118 valence electrons. The van der Waals surface area contributed by atoms with E-state index in [1.807, 2.05) is 13.8 Å². The van der Waals surface area contributed by atoms with E-state index in [-0.39, 0.29) is 22.3 Å². The largest absolute Gasteiger partial charge is 0.355 e. The van der Waals surface area contributed by atoms with Crippen molar-refractivity contribution in [2.75, 3.05) is 11.8 Å². The topological polar surface area (TPSA) is 106 Å². The van der Waals surface area contributed by atoms with Gasteiger partial charge in [-0.3, -0.25) is 14.2 Å². The fourth-order valence-electron chi connectivity index (χ4n) is 1.73. The predicted octanol–water partition coefficient (Wildman–Crippen LogP) is 1.02. The number of anilines is 1. The average Bonchev–Trinajstić information content (AvgIpc) is 2.97. The summed E-state index contributed by atoms with van der Waals surface area (Å²) in [6.07, 6.45) is 4.09. The third kappa shape index (κ3) is 3.25. The summed E-state index contributed by atoms with van der Waals surface area (Å²) >= 11 is 0. The molecule has 0 aromatic carbocycles. The summed E-state index contributed by atoms with van der Waals surface area (Å²) in [5, 5.41) is 6.43. The molecule has 0 saturated carbocycles. The van der Waals surface area contributed by atoms with Crippen LogP contribution in [0.15, 0.2) is 35.6 Å². The molecule has 9 heteroatoms. The Labute approximate surface area is 128 Å². The van der Waals surface area contributed by atoms with Crippen LogP contribution in [0.25, 0.3) is 0 Å². The second-order valence-electron chi connectivity index (χ2n) is 4.83. The summed E-state index contributed by atoms with van der Waals surface area (Å²) in [6, 6.07) is 3.08. The summed E-state index contributed by atoms with van der Waals surface area (Å²) in [5.74, 6) is -0.456. The molecule has 0 aliphatic heterocycles. The van der Waals surface area contributed by atoms with Crippen LogP contribution in [0.1, 0.15) is 30.2 Å². The molecule has 0 aliphatic rings. The quantitative estimate of drug-likeness (QED) is 0.854. The summed E-state index contributed by atoms with van der Waals surface area (Å²) in [6.45, 7) is 3.78. The highest BCUT2D eigenvalue weighted by Crippen LogP contribution is 2.18. The van der Waals surface area contributed by atoms with Crippen molar-refractivity contribution in [2.24, 2.45) is 0 Å². The monoisotopic (exact) mass is 323 g/mol. The number of rotatable bonds is 5. The Kier molecular flexibility index (Phi) is 4.45. The normalized spacial score (nSPS) is 11.5. The first-order valence-electron chi connectivity index (χ1n) is 6.59. The SMILES string of the molecule is CNC(=O)c1cccnc1NS(=O)(=O)c1cnn(C(C)C)c1. The lowest BCUT2D eigenvalue weighted by atomic mass is 10.2. The van der Waals surface area contributed by atoms with Crippen molar-refractivity contribution in [3.05, 3.63) is 36.3 Å². The third-order valence-electron chi connectivity index (χ3n) is 2.93. The highest BCUT2D eigenvalue weighted by molar-refractivity contribution is 7.92. The predicted molar refractivity (Wildman–Crippen MR) is 81.0 cm³/mol. The standard InChI is InChI=1S/C13H17N5O3S/c1-9(2)18-8-10(7-16-18)22(20,21)17-12-11(13(19)14-3)5-4-6-15-12/h4-9H,1-3H3,(H,14,19)(H,15,17). The first kappa shape index (κ1) is 16.0. The Morgan fingerprint density at radius 1 is 1.36 bits per heavy atom. The van der Waals surface area contributed by atoms with Crippen LogP contribution < -0.4 is 10.0 Å². The Morgan fingerprint density at radius 2 is 2.09 bits per heavy atom. The van der Waals surface area contributed by atoms with Crippen molar-refractivity contribution in [2.45, 2.75) is 24.8 Å². The minimum atomic E-state index is -3.87. The summed E-state index contributed by atoms with van der Waals surface area (Å²) < 4.78 is 28.6. The fraction of sp³-hybridized carbons (Fsp3) is 0.308. The molecule has 0 unspecified atom stereocenters. The molecule has 2 heterocycles. The molecule has 2 rings (SSSR count). The number of nitrogens with one attached hydrogen (secondary N) is 2. The third-order valence-corrected chi connectivity index (χ3v) is 4.22. The maximum Gasteiger partial charge on any atom is 0.266 e. The first-order valence-corrected chi connectivity index (χ1v) is 8.07. The van der Waals surface area contributed by atoms with E-state index in [0.29, 0.717) is 0 Å². The number of carbonyl (C=O) groups excluding carboxylic acids is 1. The number of hydrogen-bond acceptors (Lipinski definition) is 5. The molecule has 0 atom stereocenters. The molecule has 2 N–H and O–H groups in total.